The second kappa shape index (κ2) is 17.4. The third kappa shape index (κ3) is 11.9. The van der Waals surface area contributed by atoms with Gasteiger partial charge in [0.15, 0.2) is 0 Å². The van der Waals surface area contributed by atoms with E-state index < -0.39 is 11.1 Å². The lowest BCUT2D eigenvalue weighted by atomic mass is 10.2. The van der Waals surface area contributed by atoms with Crippen LogP contribution in [0.3, 0.4) is 0 Å². The van der Waals surface area contributed by atoms with Gasteiger partial charge in [0.05, 0.1) is 0 Å². The highest BCUT2D eigenvalue weighted by Gasteiger charge is 2.15. The summed E-state index contributed by atoms with van der Waals surface area (Å²) in [6, 6.07) is 41.7. The summed E-state index contributed by atoms with van der Waals surface area (Å²) < 4.78 is 15.1. The average Bonchev–Trinajstić information content (AvgIpc) is 2.98. The number of phenolic OH excluding ortho intramolecular Hbond substituents is 1. The quantitative estimate of drug-likeness (QED) is 0.138. The Labute approximate surface area is 270 Å². The van der Waals surface area contributed by atoms with E-state index in [2.05, 4.69) is 47.8 Å². The summed E-state index contributed by atoms with van der Waals surface area (Å²) in [5, 5.41) is 8.74. The molecule has 5 aromatic carbocycles. The Kier molecular flexibility index (Phi) is 13.9. The minimum absolute atomic E-state index is 0.299. The summed E-state index contributed by atoms with van der Waals surface area (Å²) in [6.45, 7) is 0. The molecule has 3 nitrogen and oxygen atoms in total. The minimum atomic E-state index is -0.515. The van der Waals surface area contributed by atoms with Crippen LogP contribution in [0, 0.1) is 0 Å². The first-order chi connectivity index (χ1) is 19.3. The molecule has 0 heterocycles. The molecule has 40 heavy (non-hydrogen) atoms. The molecule has 1 N–H and O–H groups in total. The molecule has 0 aliphatic heterocycles. The predicted octanol–water partition coefficient (Wildman–Crippen LogP) is 11.7. The van der Waals surface area contributed by atoms with Crippen molar-refractivity contribution in [3.63, 3.8) is 0 Å². The molecule has 0 aliphatic carbocycles. The van der Waals surface area contributed by atoms with Crippen LogP contribution in [0.25, 0.3) is 0 Å². The summed E-state index contributed by atoms with van der Waals surface area (Å²) in [7, 11) is 0. The monoisotopic (exact) mass is 764 g/mol. The molecule has 5 aromatic rings. The maximum Gasteiger partial charge on any atom is 0.267 e. The molecule has 0 aliphatic rings. The van der Waals surface area contributed by atoms with Crippen molar-refractivity contribution < 1.29 is 14.6 Å². The summed E-state index contributed by atoms with van der Waals surface area (Å²) >= 11 is 21.2. The highest BCUT2D eigenvalue weighted by atomic mass is 79.9. The third-order valence-electron chi connectivity index (χ3n) is 5.06. The lowest BCUT2D eigenvalue weighted by Crippen LogP contribution is -2.14. The van der Waals surface area contributed by atoms with Gasteiger partial charge < -0.3 is 14.6 Å². The Morgan fingerprint density at radius 2 is 0.825 bits per heavy atom. The highest BCUT2D eigenvalue weighted by Crippen LogP contribution is 2.28. The van der Waals surface area contributed by atoms with Crippen molar-refractivity contribution in [1.29, 1.82) is 0 Å². The number of halogens is 5. The van der Waals surface area contributed by atoms with Crippen molar-refractivity contribution in [2.75, 3.05) is 0 Å². The summed E-state index contributed by atoms with van der Waals surface area (Å²) in [6.07, 6.45) is -0.515. The molecule has 0 fully saturated rings. The Balaban J connectivity index is 0.000000211. The van der Waals surface area contributed by atoms with Crippen LogP contribution < -0.4 is 9.47 Å². The maximum absolute atomic E-state index is 8.74. The van der Waals surface area contributed by atoms with Crippen LogP contribution in [0.2, 0.25) is 0 Å². The molecule has 8 heteroatoms. The van der Waals surface area contributed by atoms with Crippen LogP contribution in [-0.4, -0.2) is 5.11 Å². The fourth-order valence-electron chi connectivity index (χ4n) is 3.08. The number of phenols is 1. The van der Waals surface area contributed by atoms with E-state index in [1.165, 1.54) is 0 Å². The van der Waals surface area contributed by atoms with Gasteiger partial charge in [-0.2, -0.15) is 0 Å². The molecular weight excluding hydrogens is 743 g/mol. The molecule has 0 radical (unpaired) electrons. The van der Waals surface area contributed by atoms with Gasteiger partial charge in [0.2, 0.25) is 0 Å². The second-order valence-electron chi connectivity index (χ2n) is 8.07. The summed E-state index contributed by atoms with van der Waals surface area (Å²) in [5.41, 5.74) is 1.90. The van der Waals surface area contributed by atoms with Crippen molar-refractivity contribution in [2.45, 2.75) is 11.1 Å². The van der Waals surface area contributed by atoms with Crippen molar-refractivity contribution in [2.24, 2.45) is 0 Å². The lowest BCUT2D eigenvalue weighted by molar-refractivity contribution is 0.00380. The van der Waals surface area contributed by atoms with E-state index >= 15 is 0 Å². The molecule has 0 unspecified atom stereocenters. The average molecular weight is 768 g/mol. The van der Waals surface area contributed by atoms with Crippen LogP contribution in [-0.2, 0) is 0 Å². The van der Waals surface area contributed by atoms with Gasteiger partial charge in [-0.1, -0.05) is 108 Å². The Morgan fingerprint density at radius 1 is 0.475 bits per heavy atom. The standard InChI is InChI=1S/C19H14Br2O2.C7H6Cl2.C6H5BrO/c20-15-6-10-17(11-7-15)22-19(14-4-2-1-3-5-14)23-18-12-8-16(21)9-13-18;8-7(9)6-4-2-1-3-5-6;7-5-1-3-6(8)4-2-5/h1-13,19H;1-5,7H;1-4,8H. The molecule has 0 amide bonds. The van der Waals surface area contributed by atoms with Gasteiger partial charge in [0, 0.05) is 19.0 Å². The van der Waals surface area contributed by atoms with Crippen molar-refractivity contribution in [3.05, 3.63) is 158 Å². The zero-order chi connectivity index (χ0) is 28.7. The topological polar surface area (TPSA) is 38.7 Å². The first-order valence-electron chi connectivity index (χ1n) is 12.0. The number of ether oxygens (including phenoxy) is 2. The summed E-state index contributed by atoms with van der Waals surface area (Å²) in [5.74, 6) is 1.80. The molecule has 0 saturated carbocycles. The normalized spacial score (nSPS) is 10.2. The number of alkyl halides is 2. The molecule has 206 valence electrons. The van der Waals surface area contributed by atoms with Gasteiger partial charge in [-0.05, 0) is 78.4 Å². The van der Waals surface area contributed by atoms with Gasteiger partial charge >= 0.3 is 0 Å². The van der Waals surface area contributed by atoms with Crippen molar-refractivity contribution in [3.8, 4) is 17.2 Å². The van der Waals surface area contributed by atoms with Crippen molar-refractivity contribution >= 4 is 71.0 Å². The van der Waals surface area contributed by atoms with Crippen LogP contribution in [0.1, 0.15) is 22.3 Å². The van der Waals surface area contributed by atoms with E-state index in [0.717, 1.165) is 36.0 Å². The van der Waals surface area contributed by atoms with Gasteiger partial charge in [-0.3, -0.25) is 0 Å². The maximum atomic E-state index is 8.74. The van der Waals surface area contributed by atoms with E-state index in [1.54, 1.807) is 24.3 Å². The largest absolute Gasteiger partial charge is 0.508 e. The number of benzene rings is 5. The van der Waals surface area contributed by atoms with Crippen molar-refractivity contribution in [1.82, 2.24) is 0 Å². The SMILES string of the molecule is Brc1ccc(OC(Oc2ccc(Br)cc2)c2ccccc2)cc1.ClC(Cl)c1ccccc1.Oc1ccc(Br)cc1. The Morgan fingerprint density at radius 3 is 1.15 bits per heavy atom. The fourth-order valence-corrected chi connectivity index (χ4v) is 4.17. The van der Waals surface area contributed by atoms with E-state index in [-0.39, 0.29) is 0 Å². The van der Waals surface area contributed by atoms with Gasteiger partial charge in [0.25, 0.3) is 6.29 Å². The van der Waals surface area contributed by atoms with Gasteiger partial charge in [-0.25, -0.2) is 0 Å². The first-order valence-corrected chi connectivity index (χ1v) is 15.2. The fraction of sp³-hybridized carbons (Fsp3) is 0.0625. The zero-order valence-electron chi connectivity index (χ0n) is 21.0. The molecule has 0 saturated heterocycles. The second-order valence-corrected chi connectivity index (χ2v) is 11.9. The van der Waals surface area contributed by atoms with Crippen LogP contribution >= 0.6 is 71.0 Å². The predicted molar refractivity (Wildman–Crippen MR) is 175 cm³/mol. The van der Waals surface area contributed by atoms with Gasteiger partial charge in [-0.15, -0.1) is 23.2 Å². The van der Waals surface area contributed by atoms with Crippen LogP contribution in [0.15, 0.2) is 147 Å². The van der Waals surface area contributed by atoms with E-state index in [9.17, 15) is 0 Å². The van der Waals surface area contributed by atoms with Crippen LogP contribution in [0.4, 0.5) is 0 Å². The number of aromatic hydroxyl groups is 1. The van der Waals surface area contributed by atoms with E-state index in [4.69, 9.17) is 37.8 Å². The number of hydrogen-bond acceptors (Lipinski definition) is 3. The number of hydrogen-bond donors (Lipinski definition) is 1. The number of rotatable bonds is 6. The van der Waals surface area contributed by atoms with E-state index in [1.807, 2.05) is 109 Å². The van der Waals surface area contributed by atoms with E-state index in [0.29, 0.717) is 5.75 Å². The highest BCUT2D eigenvalue weighted by molar-refractivity contribution is 9.11. The zero-order valence-corrected chi connectivity index (χ0v) is 27.3. The minimum Gasteiger partial charge on any atom is -0.508 e. The molecule has 0 spiro atoms. The lowest BCUT2D eigenvalue weighted by Gasteiger charge is -2.21. The first kappa shape index (κ1) is 32.0. The third-order valence-corrected chi connectivity index (χ3v) is 7.15. The molecular formula is C32H25Br3Cl2O3. The Hall–Kier alpha value is -2.48. The Bertz CT molecular complexity index is 1320. The smallest absolute Gasteiger partial charge is 0.267 e. The molecule has 0 atom stereocenters. The van der Waals surface area contributed by atoms with Gasteiger partial charge in [0.1, 0.15) is 22.1 Å². The molecule has 5 rings (SSSR count). The molecule has 0 aromatic heterocycles. The summed E-state index contributed by atoms with van der Waals surface area (Å²) in [4.78, 5) is -0.397. The molecule has 0 bridgehead atoms. The van der Waals surface area contributed by atoms with Crippen LogP contribution in [0.5, 0.6) is 17.2 Å².